The average Bonchev–Trinajstić information content (AvgIpc) is 2.81. The largest absolute Gasteiger partial charge is 0.495 e. The Morgan fingerprint density at radius 1 is 1.00 bits per heavy atom. The van der Waals surface area contributed by atoms with Gasteiger partial charge in [0.2, 0.25) is 5.91 Å². The first-order valence-electron chi connectivity index (χ1n) is 10.6. The van der Waals surface area contributed by atoms with Crippen molar-refractivity contribution in [3.05, 3.63) is 82.9 Å². The molecule has 34 heavy (non-hydrogen) atoms. The van der Waals surface area contributed by atoms with E-state index in [1.165, 1.54) is 25.3 Å². The number of halogens is 1. The minimum Gasteiger partial charge on any atom is -0.495 e. The number of ether oxygens (including phenoxy) is 2. The van der Waals surface area contributed by atoms with Gasteiger partial charge in [0.25, 0.3) is 10.0 Å². The van der Waals surface area contributed by atoms with Gasteiger partial charge in [0, 0.05) is 5.02 Å². The Kier molecular flexibility index (Phi) is 8.41. The number of amides is 1. The van der Waals surface area contributed by atoms with Crippen molar-refractivity contribution < 1.29 is 22.7 Å². The van der Waals surface area contributed by atoms with E-state index in [-0.39, 0.29) is 29.5 Å². The highest BCUT2D eigenvalue weighted by Crippen LogP contribution is 2.34. The summed E-state index contributed by atoms with van der Waals surface area (Å²) in [6.07, 6.45) is 0. The maximum Gasteiger partial charge on any atom is 0.264 e. The smallest absolute Gasteiger partial charge is 0.264 e. The molecule has 3 rings (SSSR count). The second-order valence-corrected chi connectivity index (χ2v) is 9.90. The molecule has 180 valence electrons. The topological polar surface area (TPSA) is 84.9 Å². The molecule has 0 bridgehead atoms. The number of benzene rings is 3. The summed E-state index contributed by atoms with van der Waals surface area (Å²) in [6.45, 7) is 3.78. The first-order valence-corrected chi connectivity index (χ1v) is 12.4. The molecule has 3 aromatic rings. The van der Waals surface area contributed by atoms with Crippen molar-refractivity contribution in [2.45, 2.75) is 18.7 Å². The molecular formula is C25H27ClN2O5S. The predicted octanol–water partition coefficient (Wildman–Crippen LogP) is 4.36. The number of methoxy groups -OCH3 is 1. The molecule has 0 aromatic heterocycles. The zero-order chi connectivity index (χ0) is 24.7. The molecule has 1 amide bonds. The van der Waals surface area contributed by atoms with Gasteiger partial charge < -0.3 is 14.8 Å². The number of sulfonamides is 1. The zero-order valence-electron chi connectivity index (χ0n) is 19.2. The van der Waals surface area contributed by atoms with E-state index in [9.17, 15) is 13.2 Å². The van der Waals surface area contributed by atoms with Crippen LogP contribution in [-0.4, -0.2) is 41.1 Å². The molecule has 0 aliphatic rings. The van der Waals surface area contributed by atoms with Crippen molar-refractivity contribution >= 4 is 33.2 Å². The van der Waals surface area contributed by atoms with E-state index in [1.807, 2.05) is 38.1 Å². The summed E-state index contributed by atoms with van der Waals surface area (Å²) < 4.78 is 39.1. The fourth-order valence-corrected chi connectivity index (χ4v) is 4.84. The van der Waals surface area contributed by atoms with Gasteiger partial charge in [-0.15, -0.1) is 0 Å². The third kappa shape index (κ3) is 6.21. The molecule has 0 fully saturated rings. The number of rotatable bonds is 10. The maximum absolute atomic E-state index is 13.5. The Labute approximate surface area is 205 Å². The van der Waals surface area contributed by atoms with Crippen LogP contribution in [0.15, 0.2) is 71.6 Å². The summed E-state index contributed by atoms with van der Waals surface area (Å²) in [5.74, 6) is 0.505. The summed E-state index contributed by atoms with van der Waals surface area (Å²) >= 11 is 6.15. The zero-order valence-corrected chi connectivity index (χ0v) is 20.8. The van der Waals surface area contributed by atoms with Gasteiger partial charge in [-0.2, -0.15) is 0 Å². The molecular weight excluding hydrogens is 476 g/mol. The number of nitrogens with zero attached hydrogens (tertiary/aromatic N) is 1. The lowest BCUT2D eigenvalue weighted by molar-refractivity contribution is -0.119. The molecule has 0 aliphatic heterocycles. The van der Waals surface area contributed by atoms with E-state index in [4.69, 9.17) is 21.1 Å². The second kappa shape index (κ2) is 11.3. The van der Waals surface area contributed by atoms with Crippen LogP contribution in [0.2, 0.25) is 5.02 Å². The van der Waals surface area contributed by atoms with Crippen molar-refractivity contribution in [1.29, 1.82) is 0 Å². The lowest BCUT2D eigenvalue weighted by Crippen LogP contribution is -2.42. The molecule has 0 unspecified atom stereocenters. The van der Waals surface area contributed by atoms with Crippen molar-refractivity contribution in [2.75, 3.05) is 31.1 Å². The Bertz CT molecular complexity index is 1250. The standard InChI is InChI=1S/C25H27ClN2O5S/c1-18-8-11-21(12-9-18)34(30,31)28(22-16-20(26)10-13-24(22)32-3)17-25(29)27-14-15-33-23-7-5-4-6-19(23)2/h4-13,16H,14-15,17H2,1-3H3,(H,27,29). The third-order valence-electron chi connectivity index (χ3n) is 5.08. The first-order chi connectivity index (χ1) is 16.2. The van der Waals surface area contributed by atoms with Gasteiger partial charge >= 0.3 is 0 Å². The van der Waals surface area contributed by atoms with Crippen LogP contribution in [0, 0.1) is 13.8 Å². The highest BCUT2D eigenvalue weighted by molar-refractivity contribution is 7.92. The number of anilines is 1. The molecule has 7 nitrogen and oxygen atoms in total. The fraction of sp³-hybridized carbons (Fsp3) is 0.240. The molecule has 0 atom stereocenters. The molecule has 9 heteroatoms. The number of aryl methyl sites for hydroxylation is 2. The molecule has 0 radical (unpaired) electrons. The van der Waals surface area contributed by atoms with Gasteiger partial charge in [0.1, 0.15) is 24.7 Å². The van der Waals surface area contributed by atoms with Gasteiger partial charge in [-0.05, 0) is 55.8 Å². The number of para-hydroxylation sites is 1. The van der Waals surface area contributed by atoms with Crippen LogP contribution in [0.3, 0.4) is 0 Å². The highest BCUT2D eigenvalue weighted by atomic mass is 35.5. The number of carbonyl (C=O) groups excluding carboxylic acids is 1. The monoisotopic (exact) mass is 502 g/mol. The van der Waals surface area contributed by atoms with E-state index >= 15 is 0 Å². The number of carbonyl (C=O) groups is 1. The van der Waals surface area contributed by atoms with Crippen LogP contribution in [0.4, 0.5) is 5.69 Å². The SMILES string of the molecule is COc1ccc(Cl)cc1N(CC(=O)NCCOc1ccccc1C)S(=O)(=O)c1ccc(C)cc1. The van der Waals surface area contributed by atoms with Crippen molar-refractivity contribution in [3.63, 3.8) is 0 Å². The van der Waals surface area contributed by atoms with Crippen LogP contribution >= 0.6 is 11.6 Å². The van der Waals surface area contributed by atoms with Crippen LogP contribution in [0.25, 0.3) is 0 Å². The van der Waals surface area contributed by atoms with Gasteiger partial charge in [-0.25, -0.2) is 8.42 Å². The van der Waals surface area contributed by atoms with E-state index < -0.39 is 22.5 Å². The Morgan fingerprint density at radius 3 is 2.38 bits per heavy atom. The first kappa shape index (κ1) is 25.4. The van der Waals surface area contributed by atoms with Gasteiger partial charge in [-0.1, -0.05) is 47.5 Å². The number of hydrogen-bond donors (Lipinski definition) is 1. The molecule has 0 heterocycles. The minimum absolute atomic E-state index is 0.0517. The van der Waals surface area contributed by atoms with Crippen molar-refractivity contribution in [1.82, 2.24) is 5.32 Å². The van der Waals surface area contributed by atoms with Gasteiger partial charge in [0.05, 0.1) is 24.2 Å². The predicted molar refractivity (Wildman–Crippen MR) is 133 cm³/mol. The molecule has 3 aromatic carbocycles. The van der Waals surface area contributed by atoms with Crippen LogP contribution in [0.5, 0.6) is 11.5 Å². The summed E-state index contributed by atoms with van der Waals surface area (Å²) in [5, 5.41) is 3.03. The number of hydrogen-bond acceptors (Lipinski definition) is 5. The Hall–Kier alpha value is -3.23. The molecule has 1 N–H and O–H groups in total. The summed E-state index contributed by atoms with van der Waals surface area (Å²) in [4.78, 5) is 12.8. The molecule has 0 saturated heterocycles. The number of nitrogens with one attached hydrogen (secondary N) is 1. The minimum atomic E-state index is -4.09. The lowest BCUT2D eigenvalue weighted by Gasteiger charge is -2.26. The van der Waals surface area contributed by atoms with Crippen molar-refractivity contribution in [2.24, 2.45) is 0 Å². The van der Waals surface area contributed by atoms with E-state index in [1.54, 1.807) is 24.3 Å². The second-order valence-electron chi connectivity index (χ2n) is 7.60. The van der Waals surface area contributed by atoms with E-state index in [2.05, 4.69) is 5.32 Å². The Morgan fingerprint density at radius 2 is 1.71 bits per heavy atom. The van der Waals surface area contributed by atoms with Gasteiger partial charge in [0.15, 0.2) is 0 Å². The highest BCUT2D eigenvalue weighted by Gasteiger charge is 2.29. The average molecular weight is 503 g/mol. The van der Waals surface area contributed by atoms with Crippen LogP contribution < -0.4 is 19.1 Å². The van der Waals surface area contributed by atoms with Crippen LogP contribution in [0.1, 0.15) is 11.1 Å². The molecule has 0 aliphatic carbocycles. The fourth-order valence-electron chi connectivity index (χ4n) is 3.25. The van der Waals surface area contributed by atoms with Crippen LogP contribution in [-0.2, 0) is 14.8 Å². The van der Waals surface area contributed by atoms with E-state index in [0.717, 1.165) is 21.2 Å². The van der Waals surface area contributed by atoms with Gasteiger partial charge in [-0.3, -0.25) is 9.10 Å². The normalized spacial score (nSPS) is 11.1. The van der Waals surface area contributed by atoms with Crippen molar-refractivity contribution in [3.8, 4) is 11.5 Å². The summed E-state index contributed by atoms with van der Waals surface area (Å²) in [7, 11) is -2.67. The summed E-state index contributed by atoms with van der Waals surface area (Å²) in [5.41, 5.74) is 2.07. The Balaban J connectivity index is 1.80. The quantitative estimate of drug-likeness (QED) is 0.416. The molecule has 0 spiro atoms. The molecule has 0 saturated carbocycles. The maximum atomic E-state index is 13.5. The van der Waals surface area contributed by atoms with E-state index in [0.29, 0.717) is 5.02 Å². The summed E-state index contributed by atoms with van der Waals surface area (Å²) in [6, 6.07) is 18.6. The third-order valence-corrected chi connectivity index (χ3v) is 7.09. The lowest BCUT2D eigenvalue weighted by atomic mass is 10.2.